The average Bonchev–Trinajstić information content (AvgIpc) is 3.90. The third-order valence-corrected chi connectivity index (χ3v) is 14.3. The van der Waals surface area contributed by atoms with E-state index in [-0.39, 0.29) is 47.7 Å². The summed E-state index contributed by atoms with van der Waals surface area (Å²) in [5.74, 6) is -7.35. The fraction of sp³-hybridized carbons (Fsp3) is 0.711. The van der Waals surface area contributed by atoms with Gasteiger partial charge in [0.1, 0.15) is 30.0 Å². The maximum absolute atomic E-state index is 14.4. The summed E-state index contributed by atoms with van der Waals surface area (Å²) in [7, 11) is -0.699. The average molecular weight is 899 g/mol. The number of likely N-dealkylation sites (tertiary alicyclic amines) is 1. The molecule has 1 aromatic carbocycles. The Kier molecular flexibility index (Phi) is 16.6. The van der Waals surface area contributed by atoms with Crippen molar-refractivity contribution in [1.29, 1.82) is 0 Å². The molecular formula is C45H68BFN6O11. The summed E-state index contributed by atoms with van der Waals surface area (Å²) < 4.78 is 27.2. The van der Waals surface area contributed by atoms with Gasteiger partial charge in [0, 0.05) is 18.4 Å². The highest BCUT2D eigenvalue weighted by molar-refractivity contribution is 6.47. The largest absolute Gasteiger partial charge is 0.481 e. The molecule has 17 nitrogen and oxygen atoms in total. The summed E-state index contributed by atoms with van der Waals surface area (Å²) in [5.41, 5.74) is 6.56. The fourth-order valence-electron chi connectivity index (χ4n) is 10.0. The van der Waals surface area contributed by atoms with Gasteiger partial charge in [-0.25, -0.2) is 4.39 Å². The molecule has 0 spiro atoms. The zero-order valence-electron chi connectivity index (χ0n) is 38.2. The van der Waals surface area contributed by atoms with Gasteiger partial charge in [-0.3, -0.25) is 33.6 Å². The summed E-state index contributed by atoms with van der Waals surface area (Å²) in [6, 6.07) is 0.322. The Bertz CT molecular complexity index is 1900. The molecular weight excluding hydrogens is 830 g/mol. The predicted molar refractivity (Wildman–Crippen MR) is 233 cm³/mol. The molecule has 2 saturated heterocycles. The van der Waals surface area contributed by atoms with Crippen molar-refractivity contribution in [2.45, 2.75) is 167 Å². The van der Waals surface area contributed by atoms with Gasteiger partial charge in [0.05, 0.1) is 30.6 Å². The molecule has 3 saturated carbocycles. The number of carbonyl (C=O) groups excluding carboxylic acids is 5. The lowest BCUT2D eigenvalue weighted by Gasteiger charge is -2.67. The topological polar surface area (TPSA) is 256 Å². The Labute approximate surface area is 375 Å². The number of nitrogens with zero attached hydrogens (tertiary/aromatic N) is 1. The van der Waals surface area contributed by atoms with Gasteiger partial charge < -0.3 is 51.4 Å². The van der Waals surface area contributed by atoms with Crippen molar-refractivity contribution in [1.82, 2.24) is 26.2 Å². The van der Waals surface area contributed by atoms with Crippen molar-refractivity contribution in [2.24, 2.45) is 34.3 Å². The minimum atomic E-state index is -1.52. The van der Waals surface area contributed by atoms with E-state index in [1.807, 2.05) is 6.07 Å². The van der Waals surface area contributed by atoms with E-state index < -0.39 is 104 Å². The molecule has 0 radical (unpaired) electrons. The van der Waals surface area contributed by atoms with Gasteiger partial charge in [-0.15, -0.1) is 0 Å². The number of nitrogens with two attached hydrogens (primary N) is 1. The van der Waals surface area contributed by atoms with Crippen LogP contribution in [-0.2, 0) is 49.3 Å². The smallest absolute Gasteiger partial charge is 0.481 e. The van der Waals surface area contributed by atoms with Crippen LogP contribution in [0.1, 0.15) is 118 Å². The van der Waals surface area contributed by atoms with Gasteiger partial charge >= 0.3 is 19.1 Å². The van der Waals surface area contributed by atoms with Gasteiger partial charge in [-0.2, -0.15) is 0 Å². The number of hydrogen-bond acceptors (Lipinski definition) is 10. The predicted octanol–water partition coefficient (Wildman–Crippen LogP) is 2.72. The van der Waals surface area contributed by atoms with Crippen molar-refractivity contribution >= 4 is 48.6 Å². The van der Waals surface area contributed by atoms with E-state index in [0.29, 0.717) is 38.0 Å². The number of benzene rings is 1. The van der Waals surface area contributed by atoms with Gasteiger partial charge in [0.15, 0.2) is 0 Å². The van der Waals surface area contributed by atoms with Gasteiger partial charge in [0.25, 0.3) is 0 Å². The first-order chi connectivity index (χ1) is 30.0. The monoisotopic (exact) mass is 899 g/mol. The van der Waals surface area contributed by atoms with Gasteiger partial charge in [0.2, 0.25) is 29.5 Å². The van der Waals surface area contributed by atoms with E-state index >= 15 is 0 Å². The van der Waals surface area contributed by atoms with Crippen molar-refractivity contribution in [3.63, 3.8) is 0 Å². The molecule has 8 N–H and O–H groups in total. The van der Waals surface area contributed by atoms with Crippen molar-refractivity contribution in [3.8, 4) is 0 Å². The first-order valence-electron chi connectivity index (χ1n) is 22.8. The highest BCUT2D eigenvalue weighted by Gasteiger charge is 2.69. The van der Waals surface area contributed by atoms with Crippen LogP contribution in [0.15, 0.2) is 24.3 Å². The zero-order valence-corrected chi connectivity index (χ0v) is 38.2. The van der Waals surface area contributed by atoms with E-state index in [1.165, 1.54) is 17.0 Å². The molecule has 5 amide bonds. The summed E-state index contributed by atoms with van der Waals surface area (Å²) >= 11 is 0. The number of carbonyl (C=O) groups is 7. The van der Waals surface area contributed by atoms with Crippen LogP contribution >= 0.6 is 0 Å². The van der Waals surface area contributed by atoms with E-state index in [9.17, 15) is 43.1 Å². The second kappa shape index (κ2) is 21.1. The number of unbranched alkanes of at least 4 members (excludes halogenated alkanes) is 1. The third-order valence-electron chi connectivity index (χ3n) is 14.3. The standard InChI is InChI=1S/C45H68BFN6O11/c1-24(2)36(51-40(59)30(17-18-34(54)55)49-39(58)29(48)22-35(56)57)42(61)52-37(25(3)4)43(62)53-19-11-15-31(53)41(60)50-33(16-9-8-12-26-13-10-14-28(47)20-26)46-63-32-21-27-23-45(7,38(32)64-46)44(27,5)6/h10,13-14,20,24-25,27,29-33,36-38H,8-9,11-12,15-19,21-23,48H2,1-7H3,(H,49,58)(H,50,60)(H,51,59)(H,52,61)(H,54,55)(H,56,57)/t27-,29+,30+,31+,32-,33+,36+,37+,38-,45-/m1/s1. The minimum absolute atomic E-state index is 0.0704. The maximum Gasteiger partial charge on any atom is 0.481 e. The Morgan fingerprint density at radius 2 is 1.58 bits per heavy atom. The van der Waals surface area contributed by atoms with Crippen LogP contribution in [0.3, 0.4) is 0 Å². The van der Waals surface area contributed by atoms with Gasteiger partial charge in [-0.1, -0.05) is 67.0 Å². The molecule has 5 fully saturated rings. The lowest BCUT2D eigenvalue weighted by Crippen LogP contribution is -2.66. The van der Waals surface area contributed by atoms with Crippen LogP contribution in [0.2, 0.25) is 0 Å². The molecule has 2 heterocycles. The van der Waals surface area contributed by atoms with Crippen LogP contribution in [0.25, 0.3) is 0 Å². The number of nitrogens with one attached hydrogen (secondary N) is 4. The third kappa shape index (κ3) is 11.6. The van der Waals surface area contributed by atoms with E-state index in [4.69, 9.17) is 20.1 Å². The molecule has 2 aliphatic heterocycles. The van der Waals surface area contributed by atoms with Crippen molar-refractivity contribution in [3.05, 3.63) is 35.6 Å². The molecule has 3 aliphatic carbocycles. The summed E-state index contributed by atoms with van der Waals surface area (Å²) in [4.78, 5) is 92.8. The zero-order chi connectivity index (χ0) is 47.3. The van der Waals surface area contributed by atoms with Crippen LogP contribution in [0.4, 0.5) is 4.39 Å². The Morgan fingerprint density at radius 3 is 2.20 bits per heavy atom. The molecule has 6 rings (SSSR count). The summed E-state index contributed by atoms with van der Waals surface area (Å²) in [6.07, 6.45) is 3.62. The Balaban J connectivity index is 1.27. The van der Waals surface area contributed by atoms with Crippen LogP contribution < -0.4 is 27.0 Å². The summed E-state index contributed by atoms with van der Waals surface area (Å²) in [5, 5.41) is 29.2. The fourth-order valence-corrected chi connectivity index (χ4v) is 10.0. The molecule has 2 bridgehead atoms. The Hall–Kier alpha value is -4.62. The molecule has 64 heavy (non-hydrogen) atoms. The maximum atomic E-state index is 14.4. The molecule has 1 aromatic rings. The first kappa shape index (κ1) is 50.4. The SMILES string of the molecule is CC(C)[C@H](NC(=O)[C@H](CCC(=O)O)NC(=O)[C@@H](N)CC(=O)O)C(=O)N[C@H](C(=O)N1CCC[C@H]1C(=O)N[C@@H](CCCCc1cccc(F)c1)B1O[C@@H]2[C@@H](C[C@@H]3C[C@@]2(C)C3(C)C)O1)C(C)C. The van der Waals surface area contributed by atoms with E-state index in [0.717, 1.165) is 24.8 Å². The quantitative estimate of drug-likeness (QED) is 0.0656. The lowest BCUT2D eigenvalue weighted by molar-refractivity contribution is -0.220. The number of carboxylic acids is 2. The van der Waals surface area contributed by atoms with Crippen LogP contribution in [-0.4, -0.2) is 119 Å². The second-order valence-corrected chi connectivity index (χ2v) is 19.7. The molecule has 19 heteroatoms. The second-order valence-electron chi connectivity index (χ2n) is 19.7. The number of amides is 5. The highest BCUT2D eigenvalue weighted by atomic mass is 19.1. The highest BCUT2D eigenvalue weighted by Crippen LogP contribution is 2.69. The number of aliphatic carboxylic acids is 2. The number of aryl methyl sites for hydroxylation is 1. The molecule has 5 aliphatic rings. The molecule has 0 unspecified atom stereocenters. The van der Waals surface area contributed by atoms with Crippen LogP contribution in [0, 0.1) is 34.4 Å². The van der Waals surface area contributed by atoms with E-state index in [2.05, 4.69) is 42.0 Å². The van der Waals surface area contributed by atoms with E-state index in [1.54, 1.807) is 33.8 Å². The number of carboxylic acid groups (broad SMARTS) is 2. The number of halogens is 1. The lowest BCUT2D eigenvalue weighted by atomic mass is 9.39. The molecule has 0 aromatic heterocycles. The normalized spacial score (nSPS) is 25.6. The van der Waals surface area contributed by atoms with Crippen LogP contribution in [0.5, 0.6) is 0 Å². The molecule has 354 valence electrons. The summed E-state index contributed by atoms with van der Waals surface area (Å²) in [6.45, 7) is 13.9. The van der Waals surface area contributed by atoms with Crippen molar-refractivity contribution < 1.29 is 57.5 Å². The molecule has 10 atom stereocenters. The minimum Gasteiger partial charge on any atom is -0.481 e. The van der Waals surface area contributed by atoms with Gasteiger partial charge in [-0.05, 0) is 92.2 Å². The first-order valence-corrected chi connectivity index (χ1v) is 22.8. The van der Waals surface area contributed by atoms with Crippen molar-refractivity contribution in [2.75, 3.05) is 6.54 Å². The Morgan fingerprint density at radius 1 is 0.891 bits per heavy atom. The number of hydrogen-bond donors (Lipinski definition) is 7. The number of rotatable bonds is 22.